The molecule has 2 fully saturated rings. The summed E-state index contributed by atoms with van der Waals surface area (Å²) in [4.78, 5) is 0. The molecule has 3 heteroatoms. The summed E-state index contributed by atoms with van der Waals surface area (Å²) in [6.45, 7) is 5.32. The van der Waals surface area contributed by atoms with Gasteiger partial charge in [0.2, 0.25) is 0 Å². The van der Waals surface area contributed by atoms with Gasteiger partial charge >= 0.3 is 0 Å². The Balaban J connectivity index is 1.72. The van der Waals surface area contributed by atoms with Gasteiger partial charge in [0.15, 0.2) is 0 Å². The van der Waals surface area contributed by atoms with Crippen LogP contribution in [0.5, 0.6) is 0 Å². The van der Waals surface area contributed by atoms with Crippen LogP contribution in [-0.2, 0) is 4.74 Å². The normalized spacial score (nSPS) is 29.3. The molecule has 1 saturated carbocycles. The monoisotopic (exact) mass is 258 g/mol. The number of rotatable bonds is 5. The van der Waals surface area contributed by atoms with E-state index in [1.165, 1.54) is 19.3 Å². The Morgan fingerprint density at radius 2 is 2.12 bits per heavy atom. The molecule has 0 aromatic heterocycles. The number of aliphatic hydroxyl groups is 1. The molecule has 2 atom stereocenters. The quantitative estimate of drug-likeness (QED) is 0.822. The van der Waals surface area contributed by atoms with Crippen LogP contribution in [0.4, 0.5) is 0 Å². The van der Waals surface area contributed by atoms with Gasteiger partial charge in [-0.1, -0.05) is 13.8 Å². The standard InChI is InChI=1S/C14H26O2S/c1-11(2)9-17-10-13(15)12-4-7-16-14(8-12)5-3-6-14/h11-13,15H,3-10H2,1-2H3. The zero-order chi connectivity index (χ0) is 12.3. The van der Waals surface area contributed by atoms with Gasteiger partial charge in [-0.15, -0.1) is 0 Å². The number of aliphatic hydroxyl groups excluding tert-OH is 1. The fraction of sp³-hybridized carbons (Fsp3) is 1.00. The summed E-state index contributed by atoms with van der Waals surface area (Å²) in [6, 6.07) is 0. The highest BCUT2D eigenvalue weighted by Crippen LogP contribution is 2.45. The Morgan fingerprint density at radius 1 is 1.35 bits per heavy atom. The van der Waals surface area contributed by atoms with E-state index in [1.807, 2.05) is 11.8 Å². The molecule has 1 heterocycles. The lowest BCUT2D eigenvalue weighted by Gasteiger charge is -2.48. The van der Waals surface area contributed by atoms with Gasteiger partial charge in [-0.25, -0.2) is 0 Å². The first-order valence-electron chi connectivity index (χ1n) is 7.01. The third-order valence-corrected chi connectivity index (χ3v) is 5.56. The Kier molecular flexibility index (Phi) is 4.79. The molecular weight excluding hydrogens is 232 g/mol. The fourth-order valence-corrected chi connectivity index (χ4v) is 4.00. The smallest absolute Gasteiger partial charge is 0.0686 e. The predicted octanol–water partition coefficient (Wildman–Crippen LogP) is 3.09. The Hall–Kier alpha value is 0.270. The summed E-state index contributed by atoms with van der Waals surface area (Å²) in [5.74, 6) is 3.26. The van der Waals surface area contributed by atoms with Crippen LogP contribution in [0.2, 0.25) is 0 Å². The largest absolute Gasteiger partial charge is 0.392 e. The zero-order valence-electron chi connectivity index (χ0n) is 11.2. The van der Waals surface area contributed by atoms with Crippen LogP contribution in [0.25, 0.3) is 0 Å². The van der Waals surface area contributed by atoms with Crippen LogP contribution in [0, 0.1) is 11.8 Å². The molecule has 0 aromatic rings. The fourth-order valence-electron chi connectivity index (χ4n) is 2.87. The maximum absolute atomic E-state index is 10.3. The number of hydrogen-bond acceptors (Lipinski definition) is 3. The number of ether oxygens (including phenoxy) is 1. The first-order valence-corrected chi connectivity index (χ1v) is 8.16. The third kappa shape index (κ3) is 3.62. The van der Waals surface area contributed by atoms with Crippen molar-refractivity contribution in [3.8, 4) is 0 Å². The first-order chi connectivity index (χ1) is 8.11. The van der Waals surface area contributed by atoms with Gasteiger partial charge < -0.3 is 9.84 Å². The van der Waals surface area contributed by atoms with Crippen molar-refractivity contribution in [2.24, 2.45) is 11.8 Å². The van der Waals surface area contributed by atoms with Crippen molar-refractivity contribution in [1.82, 2.24) is 0 Å². The molecule has 0 amide bonds. The molecule has 0 radical (unpaired) electrons. The average Bonchev–Trinajstić information content (AvgIpc) is 2.26. The Labute approximate surface area is 110 Å². The summed E-state index contributed by atoms with van der Waals surface area (Å²) in [5.41, 5.74) is 0.173. The van der Waals surface area contributed by atoms with Crippen molar-refractivity contribution in [3.63, 3.8) is 0 Å². The van der Waals surface area contributed by atoms with Crippen LogP contribution in [0.3, 0.4) is 0 Å². The van der Waals surface area contributed by atoms with E-state index in [4.69, 9.17) is 4.74 Å². The van der Waals surface area contributed by atoms with Crippen molar-refractivity contribution >= 4 is 11.8 Å². The van der Waals surface area contributed by atoms with Crippen molar-refractivity contribution in [2.45, 2.75) is 57.7 Å². The lowest BCUT2D eigenvalue weighted by Crippen LogP contribution is -2.48. The summed E-state index contributed by atoms with van der Waals surface area (Å²) in [7, 11) is 0. The first kappa shape index (κ1) is 13.7. The molecular formula is C14H26O2S. The van der Waals surface area contributed by atoms with Crippen LogP contribution < -0.4 is 0 Å². The minimum Gasteiger partial charge on any atom is -0.392 e. The van der Waals surface area contributed by atoms with Crippen molar-refractivity contribution < 1.29 is 9.84 Å². The van der Waals surface area contributed by atoms with Crippen molar-refractivity contribution in [2.75, 3.05) is 18.1 Å². The molecule has 0 bridgehead atoms. The second kappa shape index (κ2) is 5.94. The van der Waals surface area contributed by atoms with E-state index >= 15 is 0 Å². The van der Waals surface area contributed by atoms with E-state index < -0.39 is 0 Å². The van der Waals surface area contributed by atoms with E-state index in [2.05, 4.69) is 13.8 Å². The molecule has 17 heavy (non-hydrogen) atoms. The van der Waals surface area contributed by atoms with Crippen LogP contribution in [-0.4, -0.2) is 34.9 Å². The van der Waals surface area contributed by atoms with E-state index in [0.29, 0.717) is 5.92 Å². The van der Waals surface area contributed by atoms with Crippen LogP contribution >= 0.6 is 11.8 Å². The summed E-state index contributed by atoms with van der Waals surface area (Å²) >= 11 is 1.90. The van der Waals surface area contributed by atoms with Gasteiger partial charge in [0.25, 0.3) is 0 Å². The Morgan fingerprint density at radius 3 is 2.71 bits per heavy atom. The van der Waals surface area contributed by atoms with Crippen LogP contribution in [0.1, 0.15) is 46.0 Å². The van der Waals surface area contributed by atoms with Gasteiger partial charge in [-0.2, -0.15) is 11.8 Å². The maximum atomic E-state index is 10.3. The Bertz CT molecular complexity index is 238. The van der Waals surface area contributed by atoms with E-state index in [0.717, 1.165) is 36.9 Å². The molecule has 0 aromatic carbocycles. The third-order valence-electron chi connectivity index (χ3n) is 4.08. The predicted molar refractivity (Wildman–Crippen MR) is 73.4 cm³/mol. The van der Waals surface area contributed by atoms with E-state index in [9.17, 15) is 5.11 Å². The highest BCUT2D eigenvalue weighted by atomic mass is 32.2. The number of hydrogen-bond donors (Lipinski definition) is 1. The van der Waals surface area contributed by atoms with Gasteiger partial charge in [-0.3, -0.25) is 0 Å². The molecule has 2 unspecified atom stereocenters. The van der Waals surface area contributed by atoms with Gasteiger partial charge in [0.05, 0.1) is 11.7 Å². The molecule has 100 valence electrons. The molecule has 2 nitrogen and oxygen atoms in total. The van der Waals surface area contributed by atoms with E-state index in [-0.39, 0.29) is 11.7 Å². The number of thioether (sulfide) groups is 1. The second-order valence-electron chi connectivity index (χ2n) is 6.14. The average molecular weight is 258 g/mol. The summed E-state index contributed by atoms with van der Waals surface area (Å²) in [5, 5.41) is 10.3. The SMILES string of the molecule is CC(C)CSCC(O)C1CCOC2(CCC2)C1. The van der Waals surface area contributed by atoms with Gasteiger partial charge in [0.1, 0.15) is 0 Å². The molecule has 1 spiro atoms. The molecule has 1 saturated heterocycles. The van der Waals surface area contributed by atoms with Crippen molar-refractivity contribution in [1.29, 1.82) is 0 Å². The molecule has 2 rings (SSSR count). The van der Waals surface area contributed by atoms with E-state index in [1.54, 1.807) is 0 Å². The minimum atomic E-state index is -0.125. The lowest BCUT2D eigenvalue weighted by molar-refractivity contribution is -0.154. The molecule has 1 aliphatic heterocycles. The van der Waals surface area contributed by atoms with Crippen LogP contribution in [0.15, 0.2) is 0 Å². The molecule has 2 aliphatic rings. The van der Waals surface area contributed by atoms with Gasteiger partial charge in [0, 0.05) is 12.4 Å². The second-order valence-corrected chi connectivity index (χ2v) is 7.21. The maximum Gasteiger partial charge on any atom is 0.0686 e. The zero-order valence-corrected chi connectivity index (χ0v) is 12.0. The van der Waals surface area contributed by atoms with Crippen molar-refractivity contribution in [3.05, 3.63) is 0 Å². The highest BCUT2D eigenvalue weighted by Gasteiger charge is 2.43. The van der Waals surface area contributed by atoms with Gasteiger partial charge in [-0.05, 0) is 49.7 Å². The lowest BCUT2D eigenvalue weighted by atomic mass is 9.71. The topological polar surface area (TPSA) is 29.5 Å². The molecule has 1 aliphatic carbocycles. The summed E-state index contributed by atoms with van der Waals surface area (Å²) in [6.07, 6.45) is 5.76. The highest BCUT2D eigenvalue weighted by molar-refractivity contribution is 7.99. The minimum absolute atomic E-state index is 0.125. The molecule has 1 N–H and O–H groups in total. The summed E-state index contributed by atoms with van der Waals surface area (Å²) < 4.78 is 5.91.